The Morgan fingerprint density at radius 3 is 2.61 bits per heavy atom. The molecule has 1 unspecified atom stereocenters. The number of aromatic nitrogens is 1. The van der Waals surface area contributed by atoms with Crippen LogP contribution in [0.3, 0.4) is 0 Å². The van der Waals surface area contributed by atoms with Crippen LogP contribution < -0.4 is 9.64 Å². The maximum atomic E-state index is 14.1. The average Bonchev–Trinajstić information content (AvgIpc) is 3.14. The summed E-state index contributed by atoms with van der Waals surface area (Å²) in [6, 6.07) is 19.3. The van der Waals surface area contributed by atoms with Gasteiger partial charge in [-0.1, -0.05) is 30.3 Å². The fourth-order valence-corrected chi connectivity index (χ4v) is 3.38. The number of benzene rings is 2. The summed E-state index contributed by atoms with van der Waals surface area (Å²) < 4.78 is 27.0. The molecule has 3 rings (SSSR count). The van der Waals surface area contributed by atoms with Crippen LogP contribution >= 0.6 is 0 Å². The Balaban J connectivity index is 1.74. The van der Waals surface area contributed by atoms with Crippen LogP contribution in [0.5, 0.6) is 5.75 Å². The lowest BCUT2D eigenvalue weighted by atomic mass is 10.2. The second kappa shape index (κ2) is 10.1. The predicted molar refractivity (Wildman–Crippen MR) is 108 cm³/mol. The molecule has 1 N–H and O–H groups in total. The van der Waals surface area contributed by atoms with Gasteiger partial charge < -0.3 is 18.9 Å². The van der Waals surface area contributed by atoms with Crippen molar-refractivity contribution in [2.45, 2.75) is 19.6 Å². The van der Waals surface area contributed by atoms with Gasteiger partial charge in [-0.3, -0.25) is 0 Å². The Morgan fingerprint density at radius 2 is 1.82 bits per heavy atom. The van der Waals surface area contributed by atoms with Crippen LogP contribution in [0.4, 0.5) is 4.39 Å². The smallest absolute Gasteiger partial charge is 0.132 e. The maximum absolute atomic E-state index is 14.1. The number of rotatable bonds is 10. The van der Waals surface area contributed by atoms with Crippen molar-refractivity contribution in [3.05, 3.63) is 89.5 Å². The van der Waals surface area contributed by atoms with Gasteiger partial charge in [-0.25, -0.2) is 4.39 Å². The van der Waals surface area contributed by atoms with Gasteiger partial charge in [-0.15, -0.1) is 0 Å². The monoisotopic (exact) mass is 383 g/mol. The quantitative estimate of drug-likeness (QED) is 0.583. The highest BCUT2D eigenvalue weighted by Crippen LogP contribution is 2.15. The lowest BCUT2D eigenvalue weighted by Gasteiger charge is -2.21. The van der Waals surface area contributed by atoms with Crippen molar-refractivity contribution < 1.29 is 18.8 Å². The normalized spacial score (nSPS) is 12.1. The summed E-state index contributed by atoms with van der Waals surface area (Å²) in [6.45, 7) is 3.65. The third kappa shape index (κ3) is 5.44. The van der Waals surface area contributed by atoms with Gasteiger partial charge in [-0.2, -0.15) is 0 Å². The standard InChI is InChI=1S/C23H27FN2O2/c1-27-14-13-25(17-20-8-3-4-11-23(20)24)18-21-9-6-12-26(21)16-19-7-5-10-22(15-19)28-2/h3-12,15H,13-14,16-18H2,1-2H3/p+1. The van der Waals surface area contributed by atoms with Gasteiger partial charge in [0.05, 0.1) is 19.4 Å². The molecule has 2 aromatic carbocycles. The molecular weight excluding hydrogens is 355 g/mol. The Kier molecular flexibility index (Phi) is 7.23. The van der Waals surface area contributed by atoms with Gasteiger partial charge in [0.15, 0.2) is 0 Å². The zero-order valence-corrected chi connectivity index (χ0v) is 16.5. The van der Waals surface area contributed by atoms with E-state index in [0.29, 0.717) is 13.2 Å². The van der Waals surface area contributed by atoms with Crippen LogP contribution in [0.15, 0.2) is 66.9 Å². The third-order valence-corrected chi connectivity index (χ3v) is 4.90. The Morgan fingerprint density at radius 1 is 0.964 bits per heavy atom. The highest BCUT2D eigenvalue weighted by Gasteiger charge is 2.15. The first-order chi connectivity index (χ1) is 13.7. The number of methoxy groups -OCH3 is 2. The summed E-state index contributed by atoms with van der Waals surface area (Å²) in [6.07, 6.45) is 2.09. The molecule has 0 saturated heterocycles. The van der Waals surface area contributed by atoms with E-state index < -0.39 is 0 Å². The fraction of sp³-hybridized carbons (Fsp3) is 0.304. The van der Waals surface area contributed by atoms with Crippen molar-refractivity contribution in [2.24, 2.45) is 0 Å². The molecule has 1 aromatic heterocycles. The summed E-state index contributed by atoms with van der Waals surface area (Å²) in [4.78, 5) is 1.26. The number of nitrogens with one attached hydrogen (secondary N) is 1. The molecule has 1 atom stereocenters. The van der Waals surface area contributed by atoms with Gasteiger partial charge in [0.1, 0.15) is 31.2 Å². The highest BCUT2D eigenvalue weighted by atomic mass is 19.1. The van der Waals surface area contributed by atoms with E-state index in [1.807, 2.05) is 24.3 Å². The molecule has 0 amide bonds. The second-order valence-corrected chi connectivity index (χ2v) is 6.92. The number of nitrogens with zero attached hydrogens (tertiary/aromatic N) is 1. The van der Waals surface area contributed by atoms with Crippen LogP contribution in [0.1, 0.15) is 16.8 Å². The first-order valence-corrected chi connectivity index (χ1v) is 9.52. The zero-order valence-electron chi connectivity index (χ0n) is 16.5. The fourth-order valence-electron chi connectivity index (χ4n) is 3.38. The number of hydrogen-bond donors (Lipinski definition) is 1. The molecule has 3 aromatic rings. The summed E-state index contributed by atoms with van der Waals surface area (Å²) in [5, 5.41) is 0. The first kappa shape index (κ1) is 20.1. The Labute approximate surface area is 166 Å². The number of ether oxygens (including phenoxy) is 2. The van der Waals surface area contributed by atoms with Crippen LogP contribution in [0, 0.1) is 5.82 Å². The lowest BCUT2D eigenvalue weighted by Crippen LogP contribution is -3.10. The van der Waals surface area contributed by atoms with Gasteiger partial charge in [-0.05, 0) is 35.9 Å². The average molecular weight is 383 g/mol. The first-order valence-electron chi connectivity index (χ1n) is 9.52. The van der Waals surface area contributed by atoms with Crippen LogP contribution in [-0.4, -0.2) is 31.9 Å². The van der Waals surface area contributed by atoms with E-state index in [2.05, 4.69) is 35.0 Å². The summed E-state index contributed by atoms with van der Waals surface area (Å²) >= 11 is 0. The van der Waals surface area contributed by atoms with Crippen molar-refractivity contribution in [2.75, 3.05) is 27.4 Å². The molecule has 0 fully saturated rings. The minimum atomic E-state index is -0.149. The van der Waals surface area contributed by atoms with Gasteiger partial charge in [0.25, 0.3) is 0 Å². The molecular formula is C23H28FN2O2+. The SMILES string of the molecule is COCC[NH+](Cc1ccccc1F)Cc1cccn1Cc1cccc(OC)c1. The predicted octanol–water partition coefficient (Wildman–Crippen LogP) is 2.92. The van der Waals surface area contributed by atoms with E-state index in [0.717, 1.165) is 30.9 Å². The maximum Gasteiger partial charge on any atom is 0.132 e. The molecule has 0 spiro atoms. The number of halogens is 1. The molecule has 4 nitrogen and oxygen atoms in total. The van der Waals surface area contributed by atoms with Crippen molar-refractivity contribution in [3.8, 4) is 5.75 Å². The minimum Gasteiger partial charge on any atom is -0.497 e. The van der Waals surface area contributed by atoms with E-state index in [9.17, 15) is 4.39 Å². The molecule has 28 heavy (non-hydrogen) atoms. The van der Waals surface area contributed by atoms with E-state index >= 15 is 0 Å². The summed E-state index contributed by atoms with van der Waals surface area (Å²) in [5.74, 6) is 0.710. The van der Waals surface area contributed by atoms with E-state index in [-0.39, 0.29) is 5.82 Å². The summed E-state index contributed by atoms with van der Waals surface area (Å²) in [7, 11) is 3.38. The molecule has 0 radical (unpaired) electrons. The van der Waals surface area contributed by atoms with E-state index in [4.69, 9.17) is 9.47 Å². The van der Waals surface area contributed by atoms with Crippen molar-refractivity contribution in [1.82, 2.24) is 4.57 Å². The van der Waals surface area contributed by atoms with Crippen LogP contribution in [0.25, 0.3) is 0 Å². The Bertz CT molecular complexity index is 878. The minimum absolute atomic E-state index is 0.149. The van der Waals surface area contributed by atoms with Crippen molar-refractivity contribution in [1.29, 1.82) is 0 Å². The molecule has 0 aliphatic carbocycles. The van der Waals surface area contributed by atoms with E-state index in [1.54, 1.807) is 20.3 Å². The third-order valence-electron chi connectivity index (χ3n) is 4.90. The number of hydrogen-bond acceptors (Lipinski definition) is 2. The van der Waals surface area contributed by atoms with Crippen LogP contribution in [0.2, 0.25) is 0 Å². The van der Waals surface area contributed by atoms with Gasteiger partial charge >= 0.3 is 0 Å². The molecule has 0 aliphatic heterocycles. The zero-order chi connectivity index (χ0) is 19.8. The van der Waals surface area contributed by atoms with Gasteiger partial charge in [0, 0.05) is 25.4 Å². The van der Waals surface area contributed by atoms with Gasteiger partial charge in [0.2, 0.25) is 0 Å². The molecule has 0 saturated carbocycles. The molecule has 148 valence electrons. The van der Waals surface area contributed by atoms with E-state index in [1.165, 1.54) is 22.2 Å². The number of quaternary nitrogens is 1. The Hall–Kier alpha value is -2.63. The highest BCUT2D eigenvalue weighted by molar-refractivity contribution is 5.29. The molecule has 0 aliphatic rings. The molecule has 1 heterocycles. The topological polar surface area (TPSA) is 27.8 Å². The van der Waals surface area contributed by atoms with Crippen LogP contribution in [-0.2, 0) is 24.4 Å². The largest absolute Gasteiger partial charge is 0.497 e. The lowest BCUT2D eigenvalue weighted by molar-refractivity contribution is -0.928. The van der Waals surface area contributed by atoms with Crippen molar-refractivity contribution in [3.63, 3.8) is 0 Å². The van der Waals surface area contributed by atoms with Crippen molar-refractivity contribution >= 4 is 0 Å². The second-order valence-electron chi connectivity index (χ2n) is 6.92. The summed E-state index contributed by atoms with van der Waals surface area (Å²) in [5.41, 5.74) is 3.13. The molecule has 5 heteroatoms. The molecule has 0 bridgehead atoms.